The van der Waals surface area contributed by atoms with Crippen LogP contribution in [0.1, 0.15) is 47.0 Å². The quantitative estimate of drug-likeness (QED) is 0.652. The number of hydrogen-bond acceptors (Lipinski definition) is 2. The molecule has 14 heavy (non-hydrogen) atoms. The van der Waals surface area contributed by atoms with Crippen LogP contribution < -0.4 is 0 Å². The highest BCUT2D eigenvalue weighted by atomic mass is 16.3. The van der Waals surface area contributed by atoms with E-state index < -0.39 is 0 Å². The summed E-state index contributed by atoms with van der Waals surface area (Å²) >= 11 is 0. The van der Waals surface area contributed by atoms with Crippen molar-refractivity contribution >= 4 is 0 Å². The van der Waals surface area contributed by atoms with Gasteiger partial charge in [0.15, 0.2) is 0 Å². The van der Waals surface area contributed by atoms with Crippen LogP contribution in [0.2, 0.25) is 0 Å². The second kappa shape index (κ2) is 8.25. The van der Waals surface area contributed by atoms with Crippen molar-refractivity contribution in [1.82, 2.24) is 4.90 Å². The highest BCUT2D eigenvalue weighted by Gasteiger charge is 2.10. The highest BCUT2D eigenvalue weighted by Crippen LogP contribution is 2.12. The Bertz CT molecular complexity index is 123. The van der Waals surface area contributed by atoms with Crippen molar-refractivity contribution in [2.24, 2.45) is 5.92 Å². The van der Waals surface area contributed by atoms with Crippen LogP contribution in [0.3, 0.4) is 0 Å². The smallest absolute Gasteiger partial charge is 0.0555 e. The zero-order valence-electron chi connectivity index (χ0n) is 10.3. The van der Waals surface area contributed by atoms with Gasteiger partial charge in [0.2, 0.25) is 0 Å². The second-order valence-electron chi connectivity index (χ2n) is 4.22. The van der Waals surface area contributed by atoms with Crippen LogP contribution in [-0.2, 0) is 0 Å². The molecule has 0 fully saturated rings. The van der Waals surface area contributed by atoms with Crippen LogP contribution in [0.15, 0.2) is 0 Å². The van der Waals surface area contributed by atoms with Crippen LogP contribution in [0, 0.1) is 5.92 Å². The van der Waals surface area contributed by atoms with Gasteiger partial charge in [0.1, 0.15) is 0 Å². The largest absolute Gasteiger partial charge is 0.393 e. The van der Waals surface area contributed by atoms with Gasteiger partial charge in [-0.05, 0) is 31.8 Å². The highest BCUT2D eigenvalue weighted by molar-refractivity contribution is 4.63. The molecular formula is C12H27NO. The summed E-state index contributed by atoms with van der Waals surface area (Å²) in [7, 11) is 0. The molecule has 2 nitrogen and oxygen atoms in total. The molecular weight excluding hydrogens is 174 g/mol. The van der Waals surface area contributed by atoms with Gasteiger partial charge < -0.3 is 10.0 Å². The fourth-order valence-electron chi connectivity index (χ4n) is 1.62. The molecule has 0 saturated heterocycles. The number of nitrogens with zero attached hydrogens (tertiary/aromatic N) is 1. The third kappa shape index (κ3) is 6.39. The summed E-state index contributed by atoms with van der Waals surface area (Å²) in [5.41, 5.74) is 0. The summed E-state index contributed by atoms with van der Waals surface area (Å²) in [5.74, 6) is 0.654. The Morgan fingerprint density at radius 1 is 1.14 bits per heavy atom. The summed E-state index contributed by atoms with van der Waals surface area (Å²) in [4.78, 5) is 2.36. The van der Waals surface area contributed by atoms with E-state index in [1.54, 1.807) is 0 Å². The van der Waals surface area contributed by atoms with Gasteiger partial charge in [0, 0.05) is 6.54 Å². The van der Waals surface area contributed by atoms with Crippen molar-refractivity contribution < 1.29 is 5.11 Å². The number of rotatable bonds is 8. The molecule has 0 aliphatic carbocycles. The summed E-state index contributed by atoms with van der Waals surface area (Å²) < 4.78 is 0. The van der Waals surface area contributed by atoms with Gasteiger partial charge >= 0.3 is 0 Å². The van der Waals surface area contributed by atoms with Gasteiger partial charge in [0.05, 0.1) is 6.10 Å². The first-order valence-corrected chi connectivity index (χ1v) is 6.04. The maximum Gasteiger partial charge on any atom is 0.0555 e. The average Bonchev–Trinajstić information content (AvgIpc) is 2.19. The van der Waals surface area contributed by atoms with Crippen LogP contribution in [0.4, 0.5) is 0 Å². The van der Waals surface area contributed by atoms with E-state index in [4.69, 9.17) is 0 Å². The molecule has 0 aliphatic heterocycles. The minimum Gasteiger partial charge on any atom is -0.393 e. The van der Waals surface area contributed by atoms with Crippen molar-refractivity contribution in [1.29, 1.82) is 0 Å². The van der Waals surface area contributed by atoms with E-state index in [1.807, 2.05) is 0 Å². The van der Waals surface area contributed by atoms with E-state index in [0.29, 0.717) is 5.92 Å². The molecule has 0 bridgehead atoms. The molecule has 0 radical (unpaired) electrons. The van der Waals surface area contributed by atoms with Gasteiger partial charge in [-0.25, -0.2) is 0 Å². The van der Waals surface area contributed by atoms with Crippen molar-refractivity contribution in [3.63, 3.8) is 0 Å². The Labute approximate surface area is 89.3 Å². The maximum atomic E-state index is 9.76. The van der Waals surface area contributed by atoms with Gasteiger partial charge in [-0.15, -0.1) is 0 Å². The predicted octanol–water partition coefficient (Wildman–Crippen LogP) is 2.52. The third-order valence-electron chi connectivity index (χ3n) is 3.04. The Morgan fingerprint density at radius 2 is 1.71 bits per heavy atom. The van der Waals surface area contributed by atoms with Gasteiger partial charge in [-0.2, -0.15) is 0 Å². The lowest BCUT2D eigenvalue weighted by atomic mass is 9.99. The van der Waals surface area contributed by atoms with Crippen LogP contribution in [-0.4, -0.2) is 35.7 Å². The molecule has 0 aromatic rings. The topological polar surface area (TPSA) is 23.5 Å². The molecule has 86 valence electrons. The fraction of sp³-hybridized carbons (Fsp3) is 1.00. The molecule has 2 atom stereocenters. The molecule has 0 aromatic heterocycles. The summed E-state index contributed by atoms with van der Waals surface area (Å²) in [6.45, 7) is 11.9. The number of aliphatic hydroxyl groups excluding tert-OH is 1. The van der Waals surface area contributed by atoms with E-state index >= 15 is 0 Å². The predicted molar refractivity (Wildman–Crippen MR) is 62.5 cm³/mol. The zero-order chi connectivity index (χ0) is 11.0. The fourth-order valence-corrected chi connectivity index (χ4v) is 1.62. The molecule has 0 heterocycles. The monoisotopic (exact) mass is 201 g/mol. The minimum absolute atomic E-state index is 0.106. The zero-order valence-corrected chi connectivity index (χ0v) is 10.3. The lowest BCUT2D eigenvalue weighted by molar-refractivity contribution is 0.119. The first kappa shape index (κ1) is 13.9. The van der Waals surface area contributed by atoms with E-state index in [0.717, 1.165) is 32.5 Å². The lowest BCUT2D eigenvalue weighted by Crippen LogP contribution is -2.27. The molecule has 2 heteroatoms. The van der Waals surface area contributed by atoms with Crippen molar-refractivity contribution in [3.05, 3.63) is 0 Å². The molecule has 0 amide bonds. The summed E-state index contributed by atoms with van der Waals surface area (Å²) in [6.07, 6.45) is 2.94. The van der Waals surface area contributed by atoms with E-state index in [1.165, 1.54) is 6.42 Å². The van der Waals surface area contributed by atoms with Crippen LogP contribution in [0.5, 0.6) is 0 Å². The van der Waals surface area contributed by atoms with Gasteiger partial charge in [-0.3, -0.25) is 0 Å². The van der Waals surface area contributed by atoms with Crippen molar-refractivity contribution in [2.75, 3.05) is 19.6 Å². The summed E-state index contributed by atoms with van der Waals surface area (Å²) in [6, 6.07) is 0. The average molecular weight is 201 g/mol. The van der Waals surface area contributed by atoms with Gasteiger partial charge in [-0.1, -0.05) is 34.1 Å². The SMILES string of the molecule is CCC(C)CC(O)CCN(CC)CC. The van der Waals surface area contributed by atoms with Crippen molar-refractivity contribution in [2.45, 2.75) is 53.1 Å². The molecule has 0 rings (SSSR count). The molecule has 0 aliphatic rings. The Kier molecular flexibility index (Phi) is 8.20. The molecule has 0 aromatic carbocycles. The van der Waals surface area contributed by atoms with Crippen LogP contribution >= 0.6 is 0 Å². The molecule has 1 N–H and O–H groups in total. The lowest BCUT2D eigenvalue weighted by Gasteiger charge is -2.21. The van der Waals surface area contributed by atoms with Crippen LogP contribution in [0.25, 0.3) is 0 Å². The first-order chi connectivity index (χ1) is 6.63. The summed E-state index contributed by atoms with van der Waals surface area (Å²) in [5, 5.41) is 9.76. The minimum atomic E-state index is -0.106. The second-order valence-corrected chi connectivity index (χ2v) is 4.22. The third-order valence-corrected chi connectivity index (χ3v) is 3.04. The van der Waals surface area contributed by atoms with E-state index in [-0.39, 0.29) is 6.10 Å². The molecule has 0 saturated carbocycles. The Morgan fingerprint density at radius 3 is 2.14 bits per heavy atom. The molecule has 0 spiro atoms. The number of hydrogen-bond donors (Lipinski definition) is 1. The standard InChI is InChI=1S/C12H27NO/c1-5-11(4)10-12(14)8-9-13(6-2)7-3/h11-12,14H,5-10H2,1-4H3. The maximum absolute atomic E-state index is 9.76. The molecule has 2 unspecified atom stereocenters. The number of aliphatic hydroxyl groups is 1. The van der Waals surface area contributed by atoms with Gasteiger partial charge in [0.25, 0.3) is 0 Å². The Balaban J connectivity index is 3.56. The normalized spacial score (nSPS) is 15.9. The first-order valence-electron chi connectivity index (χ1n) is 6.04. The Hall–Kier alpha value is -0.0800. The van der Waals surface area contributed by atoms with E-state index in [2.05, 4.69) is 32.6 Å². The van der Waals surface area contributed by atoms with E-state index in [9.17, 15) is 5.11 Å². The van der Waals surface area contributed by atoms with Crippen molar-refractivity contribution in [3.8, 4) is 0 Å².